The van der Waals surface area contributed by atoms with Gasteiger partial charge in [0.05, 0.1) is 24.6 Å². The monoisotopic (exact) mass is 501 g/mol. The van der Waals surface area contributed by atoms with Crippen molar-refractivity contribution in [3.63, 3.8) is 0 Å². The molecule has 0 aliphatic carbocycles. The van der Waals surface area contributed by atoms with Gasteiger partial charge in [0.15, 0.2) is 5.65 Å². The molecule has 0 spiro atoms. The minimum Gasteiger partial charge on any atom is -0.497 e. The van der Waals surface area contributed by atoms with E-state index in [4.69, 9.17) is 9.47 Å². The van der Waals surface area contributed by atoms with E-state index in [9.17, 15) is 9.90 Å². The number of aromatic carboxylic acids is 1. The number of benzene rings is 2. The highest BCUT2D eigenvalue weighted by molar-refractivity contribution is 14.1. The van der Waals surface area contributed by atoms with Gasteiger partial charge < -0.3 is 14.6 Å². The first-order valence-electron chi connectivity index (χ1n) is 8.70. The molecular weight excluding hydrogens is 485 g/mol. The van der Waals surface area contributed by atoms with Gasteiger partial charge in [-0.3, -0.25) is 0 Å². The number of hydrogen-bond acceptors (Lipinski definition) is 5. The molecule has 0 saturated heterocycles. The van der Waals surface area contributed by atoms with Crippen LogP contribution in [0.2, 0.25) is 0 Å². The maximum absolute atomic E-state index is 11.2. The van der Waals surface area contributed by atoms with E-state index < -0.39 is 5.97 Å². The van der Waals surface area contributed by atoms with E-state index in [2.05, 4.69) is 32.7 Å². The Morgan fingerprint density at radius 1 is 1.14 bits per heavy atom. The van der Waals surface area contributed by atoms with Crippen LogP contribution in [0.1, 0.15) is 15.9 Å². The maximum Gasteiger partial charge on any atom is 0.335 e. The molecule has 7 nitrogen and oxygen atoms in total. The average Bonchev–Trinajstić information content (AvgIpc) is 3.05. The standard InChI is InChI=1S/C21H16IN3O4/c1-28-15-7-5-13(6-8-15)12-25-20-18(19(22)24-25)17(9-10-23-20)29-16-4-2-3-14(11-16)21(26)27/h2-11H,12H2,1H3,(H,26,27). The third-order valence-corrected chi connectivity index (χ3v) is 5.11. The SMILES string of the molecule is COc1ccc(Cn2nc(I)c3c(Oc4cccc(C(=O)O)c4)ccnc32)cc1. The van der Waals surface area contributed by atoms with Gasteiger partial charge >= 0.3 is 5.97 Å². The smallest absolute Gasteiger partial charge is 0.335 e. The molecule has 0 amide bonds. The van der Waals surface area contributed by atoms with Gasteiger partial charge in [0.25, 0.3) is 0 Å². The van der Waals surface area contributed by atoms with E-state index in [1.54, 1.807) is 31.5 Å². The van der Waals surface area contributed by atoms with Crippen molar-refractivity contribution in [2.24, 2.45) is 0 Å². The van der Waals surface area contributed by atoms with Crippen molar-refractivity contribution in [2.45, 2.75) is 6.54 Å². The van der Waals surface area contributed by atoms with Gasteiger partial charge in [-0.15, -0.1) is 0 Å². The Balaban J connectivity index is 1.68. The van der Waals surface area contributed by atoms with Crippen LogP contribution in [-0.2, 0) is 6.54 Å². The predicted octanol–water partition coefficient (Wildman–Crippen LogP) is 4.58. The molecule has 0 aliphatic heterocycles. The molecule has 0 bridgehead atoms. The van der Waals surface area contributed by atoms with E-state index in [1.165, 1.54) is 12.1 Å². The van der Waals surface area contributed by atoms with Crippen molar-refractivity contribution < 1.29 is 19.4 Å². The van der Waals surface area contributed by atoms with Crippen molar-refractivity contribution in [1.82, 2.24) is 14.8 Å². The fourth-order valence-corrected chi connectivity index (χ4v) is 3.71. The summed E-state index contributed by atoms with van der Waals surface area (Å²) < 4.78 is 13.8. The highest BCUT2D eigenvalue weighted by Crippen LogP contribution is 2.32. The molecule has 2 heterocycles. The quantitative estimate of drug-likeness (QED) is 0.390. The molecule has 2 aromatic heterocycles. The summed E-state index contributed by atoms with van der Waals surface area (Å²) in [5.74, 6) is 0.808. The Morgan fingerprint density at radius 2 is 1.93 bits per heavy atom. The third kappa shape index (κ3) is 4.02. The number of carboxylic acids is 1. The molecule has 8 heteroatoms. The molecule has 0 radical (unpaired) electrons. The summed E-state index contributed by atoms with van der Waals surface area (Å²) in [7, 11) is 1.63. The van der Waals surface area contributed by atoms with Gasteiger partial charge in [-0.05, 0) is 58.5 Å². The van der Waals surface area contributed by atoms with Crippen LogP contribution in [-0.4, -0.2) is 33.0 Å². The van der Waals surface area contributed by atoms with E-state index in [1.807, 2.05) is 28.9 Å². The van der Waals surface area contributed by atoms with Gasteiger partial charge in [0.2, 0.25) is 0 Å². The number of rotatable bonds is 6. The number of hydrogen-bond donors (Lipinski definition) is 1. The molecule has 29 heavy (non-hydrogen) atoms. The summed E-state index contributed by atoms with van der Waals surface area (Å²) >= 11 is 2.15. The van der Waals surface area contributed by atoms with Crippen molar-refractivity contribution in [2.75, 3.05) is 7.11 Å². The minimum atomic E-state index is -1.00. The highest BCUT2D eigenvalue weighted by Gasteiger charge is 2.16. The number of aromatic nitrogens is 3. The van der Waals surface area contributed by atoms with Gasteiger partial charge in [0.1, 0.15) is 20.9 Å². The lowest BCUT2D eigenvalue weighted by Gasteiger charge is -2.08. The summed E-state index contributed by atoms with van der Waals surface area (Å²) in [4.78, 5) is 15.7. The van der Waals surface area contributed by atoms with Crippen LogP contribution < -0.4 is 9.47 Å². The molecule has 4 aromatic rings. The van der Waals surface area contributed by atoms with Crippen LogP contribution >= 0.6 is 22.6 Å². The van der Waals surface area contributed by atoms with Crippen LogP contribution in [0.15, 0.2) is 60.8 Å². The first kappa shape index (κ1) is 19.2. The largest absolute Gasteiger partial charge is 0.497 e. The summed E-state index contributed by atoms with van der Waals surface area (Å²) in [5.41, 5.74) is 1.92. The molecule has 146 valence electrons. The zero-order valence-electron chi connectivity index (χ0n) is 15.4. The molecule has 0 aliphatic rings. The van der Waals surface area contributed by atoms with Crippen molar-refractivity contribution in [3.05, 3.63) is 75.6 Å². The molecular formula is C21H16IN3O4. The number of ether oxygens (including phenoxy) is 2. The number of methoxy groups -OCH3 is 1. The minimum absolute atomic E-state index is 0.165. The lowest BCUT2D eigenvalue weighted by Crippen LogP contribution is -2.03. The highest BCUT2D eigenvalue weighted by atomic mass is 127. The van der Waals surface area contributed by atoms with Crippen LogP contribution in [0.3, 0.4) is 0 Å². The molecule has 0 atom stereocenters. The number of fused-ring (bicyclic) bond motifs is 1. The summed E-state index contributed by atoms with van der Waals surface area (Å²) in [6.07, 6.45) is 1.65. The predicted molar refractivity (Wildman–Crippen MR) is 116 cm³/mol. The second-order valence-corrected chi connectivity index (χ2v) is 7.26. The zero-order chi connectivity index (χ0) is 20.4. The van der Waals surface area contributed by atoms with E-state index in [-0.39, 0.29) is 5.56 Å². The zero-order valence-corrected chi connectivity index (χ0v) is 17.5. The van der Waals surface area contributed by atoms with Crippen LogP contribution in [0.4, 0.5) is 0 Å². The fourth-order valence-electron chi connectivity index (χ4n) is 2.95. The second kappa shape index (κ2) is 8.08. The average molecular weight is 501 g/mol. The lowest BCUT2D eigenvalue weighted by atomic mass is 10.2. The normalized spacial score (nSPS) is 10.8. The fraction of sp³-hybridized carbons (Fsp3) is 0.0952. The van der Waals surface area contributed by atoms with Crippen LogP contribution in [0, 0.1) is 3.70 Å². The second-order valence-electron chi connectivity index (χ2n) is 6.24. The van der Waals surface area contributed by atoms with E-state index >= 15 is 0 Å². The molecule has 0 fully saturated rings. The van der Waals surface area contributed by atoms with Crippen molar-refractivity contribution >= 4 is 39.6 Å². The molecule has 1 N–H and O–H groups in total. The molecule has 0 unspecified atom stereocenters. The first-order valence-corrected chi connectivity index (χ1v) is 9.78. The number of carbonyl (C=O) groups is 1. The van der Waals surface area contributed by atoms with Crippen LogP contribution in [0.25, 0.3) is 11.0 Å². The number of pyridine rings is 1. The maximum atomic E-state index is 11.2. The Hall–Kier alpha value is -3.14. The van der Waals surface area contributed by atoms with Gasteiger partial charge in [-0.25, -0.2) is 14.5 Å². The van der Waals surface area contributed by atoms with E-state index in [0.717, 1.165) is 20.4 Å². The lowest BCUT2D eigenvalue weighted by molar-refractivity contribution is 0.0696. The Labute approximate surface area is 180 Å². The van der Waals surface area contributed by atoms with Crippen molar-refractivity contribution in [3.8, 4) is 17.2 Å². The number of carboxylic acid groups (broad SMARTS) is 1. The first-order chi connectivity index (χ1) is 14.0. The van der Waals surface area contributed by atoms with E-state index in [0.29, 0.717) is 23.7 Å². The molecule has 0 saturated carbocycles. The van der Waals surface area contributed by atoms with Crippen molar-refractivity contribution in [1.29, 1.82) is 0 Å². The van der Waals surface area contributed by atoms with Gasteiger partial charge in [0, 0.05) is 12.3 Å². The summed E-state index contributed by atoms with van der Waals surface area (Å²) in [6.45, 7) is 0.550. The Bertz CT molecular complexity index is 1190. The number of halogens is 1. The summed E-state index contributed by atoms with van der Waals surface area (Å²) in [6, 6.07) is 15.9. The molecule has 4 rings (SSSR count). The van der Waals surface area contributed by atoms with Crippen LogP contribution in [0.5, 0.6) is 17.2 Å². The topological polar surface area (TPSA) is 86.5 Å². The van der Waals surface area contributed by atoms with Gasteiger partial charge in [-0.1, -0.05) is 18.2 Å². The Kier molecular flexibility index (Phi) is 5.34. The number of nitrogens with zero attached hydrogens (tertiary/aromatic N) is 3. The summed E-state index contributed by atoms with van der Waals surface area (Å²) in [5, 5.41) is 14.6. The van der Waals surface area contributed by atoms with Gasteiger partial charge in [-0.2, -0.15) is 5.10 Å². The Morgan fingerprint density at radius 3 is 2.66 bits per heavy atom. The third-order valence-electron chi connectivity index (χ3n) is 4.35. The molecule has 2 aromatic carbocycles.